The van der Waals surface area contributed by atoms with E-state index in [9.17, 15) is 5.11 Å². The zero-order chi connectivity index (χ0) is 17.5. The van der Waals surface area contributed by atoms with Gasteiger partial charge in [0.15, 0.2) is 0 Å². The summed E-state index contributed by atoms with van der Waals surface area (Å²) in [5, 5.41) is 10.4. The molecule has 1 saturated heterocycles. The summed E-state index contributed by atoms with van der Waals surface area (Å²) in [6.07, 6.45) is -0.671. The molecule has 0 aromatic heterocycles. The maximum absolute atomic E-state index is 10.4. The molecule has 1 fully saturated rings. The number of ether oxygens (including phenoxy) is 2. The lowest BCUT2D eigenvalue weighted by Crippen LogP contribution is -2.42. The topological polar surface area (TPSA) is 41.9 Å². The van der Waals surface area contributed by atoms with Gasteiger partial charge in [-0.05, 0) is 23.6 Å². The molecule has 1 heterocycles. The lowest BCUT2D eigenvalue weighted by molar-refractivity contribution is -0.0279. The number of aryl methyl sites for hydroxylation is 1. The first kappa shape index (κ1) is 18.1. The van der Waals surface area contributed by atoms with Gasteiger partial charge in [-0.25, -0.2) is 0 Å². The summed E-state index contributed by atoms with van der Waals surface area (Å²) in [4.78, 5) is 2.23. The van der Waals surface area contributed by atoms with Crippen LogP contribution in [0.2, 0.25) is 0 Å². The van der Waals surface area contributed by atoms with Crippen LogP contribution in [0.1, 0.15) is 22.8 Å². The van der Waals surface area contributed by atoms with E-state index in [1.165, 1.54) is 5.56 Å². The van der Waals surface area contributed by atoms with Crippen molar-refractivity contribution in [1.82, 2.24) is 4.90 Å². The van der Waals surface area contributed by atoms with Gasteiger partial charge in [0.1, 0.15) is 6.10 Å². The summed E-state index contributed by atoms with van der Waals surface area (Å²) in [5.41, 5.74) is 3.45. The molecule has 0 bridgehead atoms. The Morgan fingerprint density at radius 1 is 1.04 bits per heavy atom. The van der Waals surface area contributed by atoms with Crippen molar-refractivity contribution in [3.63, 3.8) is 0 Å². The summed E-state index contributed by atoms with van der Waals surface area (Å²) in [7, 11) is 0. The number of aliphatic hydroxyl groups excluding tert-OH is 1. The highest BCUT2D eigenvalue weighted by Crippen LogP contribution is 2.28. The number of aliphatic hydroxyl groups is 1. The van der Waals surface area contributed by atoms with Crippen LogP contribution in [0.4, 0.5) is 0 Å². The normalized spacial score (nSPS) is 18.0. The fraction of sp³-hybridized carbons (Fsp3) is 0.429. The molecule has 1 N–H and O–H groups in total. The largest absolute Gasteiger partial charge is 0.389 e. The fourth-order valence-electron chi connectivity index (χ4n) is 3.22. The van der Waals surface area contributed by atoms with Crippen molar-refractivity contribution in [3.8, 4) is 0 Å². The van der Waals surface area contributed by atoms with Gasteiger partial charge in [-0.1, -0.05) is 54.6 Å². The smallest absolute Gasteiger partial charge is 0.108 e. The van der Waals surface area contributed by atoms with Crippen LogP contribution in [0.3, 0.4) is 0 Å². The van der Waals surface area contributed by atoms with Crippen molar-refractivity contribution in [2.24, 2.45) is 0 Å². The Labute approximate surface area is 150 Å². The molecule has 0 saturated carbocycles. The van der Waals surface area contributed by atoms with Crippen LogP contribution in [0.5, 0.6) is 0 Å². The van der Waals surface area contributed by atoms with Gasteiger partial charge in [0, 0.05) is 19.6 Å². The summed E-state index contributed by atoms with van der Waals surface area (Å²) in [6, 6.07) is 18.5. The third-order valence-corrected chi connectivity index (χ3v) is 4.60. The van der Waals surface area contributed by atoms with Crippen molar-refractivity contribution in [2.75, 3.05) is 39.5 Å². The van der Waals surface area contributed by atoms with E-state index >= 15 is 0 Å². The van der Waals surface area contributed by atoms with Gasteiger partial charge in [0.05, 0.1) is 25.9 Å². The minimum atomic E-state index is -0.506. The fourth-order valence-corrected chi connectivity index (χ4v) is 3.22. The van der Waals surface area contributed by atoms with Crippen molar-refractivity contribution >= 4 is 0 Å². The lowest BCUT2D eigenvalue weighted by atomic mass is 9.97. The van der Waals surface area contributed by atoms with Crippen LogP contribution in [0, 0.1) is 6.92 Å². The van der Waals surface area contributed by atoms with Crippen molar-refractivity contribution in [3.05, 3.63) is 71.3 Å². The molecular weight excluding hydrogens is 314 g/mol. The highest BCUT2D eigenvalue weighted by molar-refractivity contribution is 5.35. The highest BCUT2D eigenvalue weighted by Gasteiger charge is 2.20. The van der Waals surface area contributed by atoms with Crippen LogP contribution < -0.4 is 0 Å². The molecule has 2 unspecified atom stereocenters. The summed E-state index contributed by atoms with van der Waals surface area (Å²) < 4.78 is 11.5. The number of hydrogen-bond donors (Lipinski definition) is 1. The molecule has 1 aliphatic rings. The molecule has 2 atom stereocenters. The molecule has 4 heteroatoms. The average molecular weight is 341 g/mol. The molecule has 4 nitrogen and oxygen atoms in total. The third-order valence-electron chi connectivity index (χ3n) is 4.60. The Bertz CT molecular complexity index is 641. The van der Waals surface area contributed by atoms with E-state index in [-0.39, 0.29) is 6.10 Å². The van der Waals surface area contributed by atoms with Crippen LogP contribution >= 0.6 is 0 Å². The molecule has 1 aliphatic heterocycles. The van der Waals surface area contributed by atoms with Gasteiger partial charge in [0.25, 0.3) is 0 Å². The van der Waals surface area contributed by atoms with Gasteiger partial charge >= 0.3 is 0 Å². The average Bonchev–Trinajstić information content (AvgIpc) is 2.65. The number of morpholine rings is 1. The zero-order valence-electron chi connectivity index (χ0n) is 14.8. The maximum Gasteiger partial charge on any atom is 0.108 e. The molecule has 0 aliphatic carbocycles. The molecule has 0 amide bonds. The van der Waals surface area contributed by atoms with E-state index < -0.39 is 6.10 Å². The quantitative estimate of drug-likeness (QED) is 0.841. The first-order valence-corrected chi connectivity index (χ1v) is 8.94. The summed E-state index contributed by atoms with van der Waals surface area (Å²) >= 11 is 0. The number of β-amino-alcohol motifs (C(OH)–C–C–N with tert-alkyl or cyclic N) is 1. The van der Waals surface area contributed by atoms with E-state index in [0.717, 1.165) is 37.4 Å². The first-order chi connectivity index (χ1) is 12.2. The molecule has 2 aromatic carbocycles. The van der Waals surface area contributed by atoms with Gasteiger partial charge in [-0.15, -0.1) is 0 Å². The second-order valence-electron chi connectivity index (χ2n) is 6.55. The Morgan fingerprint density at radius 2 is 1.72 bits per heavy atom. The Morgan fingerprint density at radius 3 is 2.44 bits per heavy atom. The van der Waals surface area contributed by atoms with Crippen molar-refractivity contribution < 1.29 is 14.6 Å². The molecule has 25 heavy (non-hydrogen) atoms. The second-order valence-corrected chi connectivity index (χ2v) is 6.55. The molecule has 134 valence electrons. The van der Waals surface area contributed by atoms with Crippen LogP contribution in [0.15, 0.2) is 54.6 Å². The van der Waals surface area contributed by atoms with Crippen molar-refractivity contribution in [1.29, 1.82) is 0 Å². The van der Waals surface area contributed by atoms with Crippen LogP contribution in [-0.2, 0) is 9.47 Å². The molecule has 2 aromatic rings. The molecular formula is C21H27NO3. The van der Waals surface area contributed by atoms with E-state index in [0.29, 0.717) is 13.2 Å². The predicted molar refractivity (Wildman–Crippen MR) is 98.7 cm³/mol. The standard InChI is InChI=1S/C21H27NO3/c1-17-7-5-6-10-20(17)21(18-8-3-2-4-9-18)25-16-19(23)15-22-11-13-24-14-12-22/h2-10,19,21,23H,11-16H2,1H3. The Kier molecular flexibility index (Phi) is 6.59. The SMILES string of the molecule is Cc1ccccc1C(OCC(O)CN1CCOCC1)c1ccccc1. The maximum atomic E-state index is 10.4. The first-order valence-electron chi connectivity index (χ1n) is 8.94. The monoisotopic (exact) mass is 341 g/mol. The molecule has 0 spiro atoms. The van der Waals surface area contributed by atoms with Crippen molar-refractivity contribution in [2.45, 2.75) is 19.1 Å². The Hall–Kier alpha value is -1.72. The third kappa shape index (κ3) is 5.13. The van der Waals surface area contributed by atoms with Crippen LogP contribution in [-0.4, -0.2) is 55.6 Å². The highest BCUT2D eigenvalue weighted by atomic mass is 16.5. The van der Waals surface area contributed by atoms with Crippen LogP contribution in [0.25, 0.3) is 0 Å². The number of nitrogens with zero attached hydrogens (tertiary/aromatic N) is 1. The Balaban J connectivity index is 1.67. The van der Waals surface area contributed by atoms with E-state index in [1.54, 1.807) is 0 Å². The number of hydrogen-bond acceptors (Lipinski definition) is 4. The van der Waals surface area contributed by atoms with E-state index in [1.807, 2.05) is 30.3 Å². The number of rotatable bonds is 7. The van der Waals surface area contributed by atoms with E-state index in [4.69, 9.17) is 9.47 Å². The number of benzene rings is 2. The summed E-state index contributed by atoms with van der Waals surface area (Å²) in [6.45, 7) is 6.25. The van der Waals surface area contributed by atoms with Gasteiger partial charge in [0.2, 0.25) is 0 Å². The minimum Gasteiger partial charge on any atom is -0.389 e. The van der Waals surface area contributed by atoms with Gasteiger partial charge < -0.3 is 14.6 Å². The zero-order valence-corrected chi connectivity index (χ0v) is 14.8. The summed E-state index contributed by atoms with van der Waals surface area (Å²) in [5.74, 6) is 0. The molecule has 3 rings (SSSR count). The van der Waals surface area contributed by atoms with Gasteiger partial charge in [-0.2, -0.15) is 0 Å². The predicted octanol–water partition coefficient (Wildman–Crippen LogP) is 2.79. The lowest BCUT2D eigenvalue weighted by Gasteiger charge is -2.29. The second kappa shape index (κ2) is 9.11. The minimum absolute atomic E-state index is 0.165. The van der Waals surface area contributed by atoms with Gasteiger partial charge in [-0.3, -0.25) is 4.90 Å². The van der Waals surface area contributed by atoms with E-state index in [2.05, 4.69) is 36.1 Å². The molecule has 0 radical (unpaired) electrons.